The number of hydrogen-bond donors (Lipinski definition) is 0. The number of nitrogens with zero attached hydrogens (tertiary/aromatic N) is 2. The van der Waals surface area contributed by atoms with Gasteiger partial charge in [-0.3, -0.25) is 0 Å². The van der Waals surface area contributed by atoms with Gasteiger partial charge in [0.15, 0.2) is 0 Å². The zero-order valence-electron chi connectivity index (χ0n) is 35.8. The lowest BCUT2D eigenvalue weighted by Crippen LogP contribution is -2.41. The number of benzene rings is 7. The predicted molar refractivity (Wildman–Crippen MR) is 262 cm³/mol. The molecule has 8 heteroatoms. The van der Waals surface area contributed by atoms with Crippen molar-refractivity contribution in [2.45, 2.75) is 66.2 Å². The molecule has 0 amide bonds. The average Bonchev–Trinajstić information content (AvgIpc) is 3.60. The van der Waals surface area contributed by atoms with Crippen molar-refractivity contribution < 1.29 is 0 Å². The summed E-state index contributed by atoms with van der Waals surface area (Å²) in [6, 6.07) is 38.0. The van der Waals surface area contributed by atoms with Crippen LogP contribution in [-0.4, -0.2) is 47.1 Å². The summed E-state index contributed by atoms with van der Waals surface area (Å²) in [5.74, 6) is 0. The summed E-state index contributed by atoms with van der Waals surface area (Å²) in [4.78, 5) is 4.25. The number of rotatable bonds is 6. The van der Waals surface area contributed by atoms with Crippen LogP contribution >= 0.6 is 0 Å². The highest BCUT2D eigenvalue weighted by molar-refractivity contribution is 6.58. The molecule has 2 aliphatic rings. The van der Waals surface area contributed by atoms with Crippen LogP contribution in [0.25, 0.3) is 22.3 Å². The zero-order valence-corrected chi connectivity index (χ0v) is 35.8. The second-order valence-corrected chi connectivity index (χ2v) is 17.9. The van der Waals surface area contributed by atoms with Crippen molar-refractivity contribution in [3.63, 3.8) is 0 Å². The number of anilines is 6. The van der Waals surface area contributed by atoms with Crippen molar-refractivity contribution in [3.8, 4) is 22.3 Å². The molecule has 0 unspecified atom stereocenters. The van der Waals surface area contributed by atoms with E-state index in [1.807, 2.05) is 0 Å². The Kier molecular flexibility index (Phi) is 9.36. The highest BCUT2D eigenvalue weighted by atomic mass is 15.2. The molecule has 0 spiro atoms. The van der Waals surface area contributed by atoms with Crippen molar-refractivity contribution in [1.29, 1.82) is 0 Å². The first-order chi connectivity index (χ1) is 28.4. The fourth-order valence-corrected chi connectivity index (χ4v) is 9.84. The minimum atomic E-state index is -0.570. The predicted octanol–water partition coefficient (Wildman–Crippen LogP) is 7.24. The van der Waals surface area contributed by atoms with Crippen LogP contribution in [0.4, 0.5) is 34.1 Å². The minimum absolute atomic E-state index is 0.428. The Morgan fingerprint density at radius 3 is 0.850 bits per heavy atom. The molecule has 0 heterocycles. The maximum Gasteiger partial charge on any atom is 0.117 e. The van der Waals surface area contributed by atoms with E-state index in [4.69, 9.17) is 47.1 Å². The van der Waals surface area contributed by atoms with Gasteiger partial charge in [-0.15, -0.1) is 0 Å². The van der Waals surface area contributed by atoms with Crippen molar-refractivity contribution in [3.05, 3.63) is 154 Å². The first-order valence-corrected chi connectivity index (χ1v) is 20.5. The smallest absolute Gasteiger partial charge is 0.117 e. The van der Waals surface area contributed by atoms with E-state index in [0.29, 0.717) is 44.2 Å². The van der Waals surface area contributed by atoms with Crippen LogP contribution in [0.2, 0.25) is 0 Å². The lowest BCUT2D eigenvalue weighted by Gasteiger charge is -2.34. The fraction of sp³-hybridized carbons (Fsp3) is 0.192. The minimum Gasteiger partial charge on any atom is -0.312 e. The fourth-order valence-electron chi connectivity index (χ4n) is 9.84. The largest absolute Gasteiger partial charge is 0.312 e. The van der Waals surface area contributed by atoms with Crippen molar-refractivity contribution >= 4 is 114 Å². The van der Waals surface area contributed by atoms with Gasteiger partial charge < -0.3 is 9.80 Å². The van der Waals surface area contributed by atoms with Gasteiger partial charge in [-0.1, -0.05) is 131 Å². The van der Waals surface area contributed by atoms with Crippen LogP contribution in [0.15, 0.2) is 109 Å². The summed E-state index contributed by atoms with van der Waals surface area (Å²) in [6.07, 6.45) is 0. The van der Waals surface area contributed by atoms with Crippen LogP contribution in [0, 0.1) is 27.7 Å². The molecule has 60 heavy (non-hydrogen) atoms. The average molecular weight is 760 g/mol. The first-order valence-electron chi connectivity index (χ1n) is 20.5. The number of fused-ring (bicyclic) bond motifs is 6. The van der Waals surface area contributed by atoms with Crippen molar-refractivity contribution in [2.24, 2.45) is 0 Å². The summed E-state index contributed by atoms with van der Waals surface area (Å²) < 4.78 is 0. The third-order valence-corrected chi connectivity index (χ3v) is 13.1. The van der Waals surface area contributed by atoms with Crippen LogP contribution in [0.5, 0.6) is 0 Å². The van der Waals surface area contributed by atoms with E-state index in [2.05, 4.69) is 174 Å². The van der Waals surface area contributed by atoms with Crippen molar-refractivity contribution in [2.75, 3.05) is 9.80 Å². The van der Waals surface area contributed by atoms with E-state index in [1.165, 1.54) is 0 Å². The van der Waals surface area contributed by atoms with Gasteiger partial charge in [0.05, 0.1) is 0 Å². The summed E-state index contributed by atoms with van der Waals surface area (Å²) >= 11 is 0. The van der Waals surface area contributed by atoms with Gasteiger partial charge in [-0.2, -0.15) is 0 Å². The molecule has 0 aromatic heterocycles. The molecular weight excluding hydrogens is 717 g/mol. The lowest BCUT2D eigenvalue weighted by atomic mass is 9.66. The molecule has 0 fully saturated rings. The molecule has 0 aliphatic heterocycles. The normalized spacial score (nSPS) is 14.0. The SMILES string of the molecule is [B]c1c([B])c(N(c2ccc(C)cc2)c2ccc(C)cc2)c([B])c2c1-c1cc3c(cc1C2(C)C)-c1c([B])c([B])c(N(c2ccc(C)cc2)c2ccc(C)cc2)c([B])c1C3(C)C. The summed E-state index contributed by atoms with van der Waals surface area (Å²) in [5, 5.41) is 0. The van der Waals surface area contributed by atoms with Crippen LogP contribution in [0.3, 0.4) is 0 Å². The van der Waals surface area contributed by atoms with Crippen LogP contribution < -0.4 is 42.6 Å². The second kappa shape index (κ2) is 14.1. The van der Waals surface area contributed by atoms with Crippen molar-refractivity contribution in [1.82, 2.24) is 0 Å². The first kappa shape index (κ1) is 40.0. The molecule has 12 radical (unpaired) electrons. The Bertz CT molecular complexity index is 2600. The van der Waals surface area contributed by atoms with Gasteiger partial charge in [0.25, 0.3) is 0 Å². The van der Waals surface area contributed by atoms with Gasteiger partial charge in [-0.05, 0) is 133 Å². The molecule has 0 N–H and O–H groups in total. The lowest BCUT2D eigenvalue weighted by molar-refractivity contribution is 0.656. The van der Waals surface area contributed by atoms with E-state index in [0.717, 1.165) is 89.5 Å². The van der Waals surface area contributed by atoms with E-state index < -0.39 is 10.8 Å². The van der Waals surface area contributed by atoms with Crippen LogP contribution in [-0.2, 0) is 10.8 Å². The second-order valence-electron chi connectivity index (χ2n) is 17.9. The van der Waals surface area contributed by atoms with Gasteiger partial charge in [0.1, 0.15) is 47.1 Å². The molecule has 9 rings (SSSR count). The molecule has 0 saturated carbocycles. The molecule has 2 aliphatic carbocycles. The Labute approximate surface area is 364 Å². The Morgan fingerprint density at radius 1 is 0.350 bits per heavy atom. The Hall–Kier alpha value is -5.47. The third-order valence-electron chi connectivity index (χ3n) is 13.1. The topological polar surface area (TPSA) is 6.48 Å². The Morgan fingerprint density at radius 2 is 0.600 bits per heavy atom. The summed E-state index contributed by atoms with van der Waals surface area (Å²) in [6.45, 7) is 17.1. The molecule has 0 atom stereocenters. The quantitative estimate of drug-likeness (QED) is 0.165. The number of hydrogen-bond acceptors (Lipinski definition) is 2. The molecular formula is C52H42B6N2. The molecule has 0 bridgehead atoms. The summed E-state index contributed by atoms with van der Waals surface area (Å²) in [5.41, 5.74) is 19.3. The van der Waals surface area contributed by atoms with Gasteiger partial charge in [0.2, 0.25) is 0 Å². The van der Waals surface area contributed by atoms with E-state index in [9.17, 15) is 0 Å². The Balaban J connectivity index is 1.25. The molecule has 278 valence electrons. The molecule has 7 aromatic carbocycles. The molecule has 7 aromatic rings. The van der Waals surface area contributed by atoms with Gasteiger partial charge in [0, 0.05) is 45.0 Å². The van der Waals surface area contributed by atoms with Crippen LogP contribution in [0.1, 0.15) is 72.2 Å². The maximum absolute atomic E-state index is 7.43. The molecule has 2 nitrogen and oxygen atoms in total. The number of aryl methyl sites for hydroxylation is 4. The van der Waals surface area contributed by atoms with E-state index >= 15 is 0 Å². The van der Waals surface area contributed by atoms with Gasteiger partial charge >= 0.3 is 0 Å². The zero-order chi connectivity index (χ0) is 42.7. The summed E-state index contributed by atoms with van der Waals surface area (Å²) in [7, 11) is 43.8. The third kappa shape index (κ3) is 5.84. The van der Waals surface area contributed by atoms with E-state index in [1.54, 1.807) is 0 Å². The highest BCUT2D eigenvalue weighted by Gasteiger charge is 2.45. The molecule has 0 saturated heterocycles. The highest BCUT2D eigenvalue weighted by Crippen LogP contribution is 2.55. The van der Waals surface area contributed by atoms with E-state index in [-0.39, 0.29) is 0 Å². The van der Waals surface area contributed by atoms with Gasteiger partial charge in [-0.25, -0.2) is 0 Å². The standard InChI is InChI=1S/C52H42B6N2/c1-27-9-17-31(18-10-27)59(32-19-11-28(2)12-20-32)49-45(55)41-39(43(53)47(49)57)35-25-38-36(26-37(35)51(41,5)6)40-42(52(38,7)8)46(56)50(48(58)44(40)54)60(33-21-13-29(3)14-22-33)34-23-15-30(4)16-24-34/h9-26H,1-8H3. The maximum atomic E-state index is 7.43. The monoisotopic (exact) mass is 760 g/mol.